The van der Waals surface area contributed by atoms with Gasteiger partial charge in [-0.15, -0.1) is 0 Å². The summed E-state index contributed by atoms with van der Waals surface area (Å²) in [6.07, 6.45) is 3.66. The molecule has 0 N–H and O–H groups in total. The number of nitrogens with zero attached hydrogens (tertiary/aromatic N) is 3. The highest BCUT2D eigenvalue weighted by molar-refractivity contribution is 5.70. The summed E-state index contributed by atoms with van der Waals surface area (Å²) in [4.78, 5) is 22.7. The Balaban J connectivity index is 2.20. The zero-order chi connectivity index (χ0) is 13.8. The van der Waals surface area contributed by atoms with Crippen LogP contribution < -0.4 is 4.90 Å². The molecule has 0 amide bonds. The Morgan fingerprint density at radius 3 is 2.68 bits per heavy atom. The molecule has 0 radical (unpaired) electrons. The van der Waals surface area contributed by atoms with E-state index in [0.717, 1.165) is 43.1 Å². The van der Waals surface area contributed by atoms with Gasteiger partial charge in [0.1, 0.15) is 0 Å². The van der Waals surface area contributed by atoms with E-state index >= 15 is 0 Å². The summed E-state index contributed by atoms with van der Waals surface area (Å²) in [6, 6.07) is 2.12. The molecule has 0 bridgehead atoms. The fourth-order valence-electron chi connectivity index (χ4n) is 2.59. The molecule has 1 aromatic heterocycles. The van der Waals surface area contributed by atoms with Crippen LogP contribution in [0.15, 0.2) is 6.07 Å². The molecule has 1 unspecified atom stereocenters. The second-order valence-corrected chi connectivity index (χ2v) is 5.07. The van der Waals surface area contributed by atoms with E-state index in [2.05, 4.69) is 14.9 Å². The third kappa shape index (κ3) is 3.43. The number of esters is 1. The molecule has 2 heterocycles. The summed E-state index contributed by atoms with van der Waals surface area (Å²) in [5.41, 5.74) is 1.93. The van der Waals surface area contributed by atoms with Gasteiger partial charge < -0.3 is 9.64 Å². The molecule has 1 saturated heterocycles. The summed E-state index contributed by atoms with van der Waals surface area (Å²) in [6.45, 7) is 4.85. The van der Waals surface area contributed by atoms with Gasteiger partial charge in [-0.3, -0.25) is 4.79 Å². The van der Waals surface area contributed by atoms with Crippen molar-refractivity contribution in [3.8, 4) is 0 Å². The van der Waals surface area contributed by atoms with Crippen molar-refractivity contribution in [1.82, 2.24) is 9.97 Å². The zero-order valence-corrected chi connectivity index (χ0v) is 11.8. The van der Waals surface area contributed by atoms with Gasteiger partial charge in [-0.25, -0.2) is 9.97 Å². The number of hydrogen-bond acceptors (Lipinski definition) is 5. The van der Waals surface area contributed by atoms with Crippen LogP contribution in [0.3, 0.4) is 0 Å². The van der Waals surface area contributed by atoms with Crippen LogP contribution in [0, 0.1) is 13.8 Å². The van der Waals surface area contributed by atoms with Crippen LogP contribution in [-0.2, 0) is 9.53 Å². The van der Waals surface area contributed by atoms with E-state index in [-0.39, 0.29) is 12.0 Å². The molecule has 1 atom stereocenters. The summed E-state index contributed by atoms with van der Waals surface area (Å²) < 4.78 is 4.78. The van der Waals surface area contributed by atoms with Crippen LogP contribution in [0.2, 0.25) is 0 Å². The highest BCUT2D eigenvalue weighted by atomic mass is 16.5. The predicted molar refractivity (Wildman–Crippen MR) is 73.1 cm³/mol. The Bertz CT molecular complexity index is 442. The van der Waals surface area contributed by atoms with Crippen molar-refractivity contribution in [3.63, 3.8) is 0 Å². The molecule has 0 aliphatic carbocycles. The minimum Gasteiger partial charge on any atom is -0.469 e. The lowest BCUT2D eigenvalue weighted by atomic mass is 10.00. The Kier molecular flexibility index (Phi) is 4.35. The molecule has 1 aliphatic heterocycles. The number of rotatable bonds is 3. The monoisotopic (exact) mass is 263 g/mol. The van der Waals surface area contributed by atoms with Crippen molar-refractivity contribution in [3.05, 3.63) is 17.5 Å². The molecular weight excluding hydrogens is 242 g/mol. The standard InChI is InChI=1S/C14H21N3O2/c1-10-8-11(2)16-14(15-10)17-7-5-4-6-12(17)9-13(18)19-3/h8,12H,4-7,9H2,1-3H3. The van der Waals surface area contributed by atoms with Crippen LogP contribution in [0.25, 0.3) is 0 Å². The highest BCUT2D eigenvalue weighted by Crippen LogP contribution is 2.24. The molecule has 0 aromatic carbocycles. The fourth-order valence-corrected chi connectivity index (χ4v) is 2.59. The number of methoxy groups -OCH3 is 1. The minimum absolute atomic E-state index is 0.155. The quantitative estimate of drug-likeness (QED) is 0.781. The normalized spacial score (nSPS) is 19.3. The Labute approximate surface area is 114 Å². The first-order chi connectivity index (χ1) is 9.10. The van der Waals surface area contributed by atoms with Crippen molar-refractivity contribution >= 4 is 11.9 Å². The molecule has 1 aliphatic rings. The topological polar surface area (TPSA) is 55.3 Å². The Hall–Kier alpha value is -1.65. The number of ether oxygens (including phenoxy) is 1. The third-order valence-corrected chi connectivity index (χ3v) is 3.48. The van der Waals surface area contributed by atoms with E-state index in [1.165, 1.54) is 7.11 Å². The van der Waals surface area contributed by atoms with E-state index in [4.69, 9.17) is 4.74 Å². The second kappa shape index (κ2) is 5.99. The predicted octanol–water partition coefficient (Wildman–Crippen LogP) is 2.02. The maximum absolute atomic E-state index is 11.5. The van der Waals surface area contributed by atoms with Crippen LogP contribution in [-0.4, -0.2) is 35.6 Å². The molecule has 104 valence electrons. The molecule has 0 saturated carbocycles. The number of carbonyl (C=O) groups excluding carboxylic acids is 1. The van der Waals surface area contributed by atoms with Crippen molar-refractivity contribution in [2.75, 3.05) is 18.6 Å². The molecule has 5 heteroatoms. The number of anilines is 1. The third-order valence-electron chi connectivity index (χ3n) is 3.48. The fraction of sp³-hybridized carbons (Fsp3) is 0.643. The molecule has 2 rings (SSSR count). The first-order valence-corrected chi connectivity index (χ1v) is 6.76. The number of piperidine rings is 1. The maximum atomic E-state index is 11.5. The summed E-state index contributed by atoms with van der Waals surface area (Å²) >= 11 is 0. The van der Waals surface area contributed by atoms with E-state index in [1.807, 2.05) is 19.9 Å². The molecular formula is C14H21N3O2. The molecule has 19 heavy (non-hydrogen) atoms. The SMILES string of the molecule is COC(=O)CC1CCCCN1c1nc(C)cc(C)n1. The Morgan fingerprint density at radius 1 is 1.37 bits per heavy atom. The van der Waals surface area contributed by atoms with Crippen LogP contribution in [0.5, 0.6) is 0 Å². The number of hydrogen-bond donors (Lipinski definition) is 0. The van der Waals surface area contributed by atoms with Crippen molar-refractivity contribution in [1.29, 1.82) is 0 Å². The van der Waals surface area contributed by atoms with Crippen molar-refractivity contribution < 1.29 is 9.53 Å². The van der Waals surface area contributed by atoms with Gasteiger partial charge in [0, 0.05) is 24.0 Å². The van der Waals surface area contributed by atoms with Crippen molar-refractivity contribution in [2.45, 2.75) is 45.6 Å². The number of aryl methyl sites for hydroxylation is 2. The number of carbonyl (C=O) groups is 1. The minimum atomic E-state index is -0.165. The summed E-state index contributed by atoms with van der Waals surface area (Å²) in [5, 5.41) is 0. The van der Waals surface area contributed by atoms with Crippen molar-refractivity contribution in [2.24, 2.45) is 0 Å². The van der Waals surface area contributed by atoms with Gasteiger partial charge in [0.15, 0.2) is 0 Å². The van der Waals surface area contributed by atoms with Gasteiger partial charge in [-0.1, -0.05) is 0 Å². The average molecular weight is 263 g/mol. The van der Waals surface area contributed by atoms with E-state index in [9.17, 15) is 4.79 Å². The van der Waals surface area contributed by atoms with Crippen LogP contribution >= 0.6 is 0 Å². The van der Waals surface area contributed by atoms with Gasteiger partial charge in [-0.05, 0) is 39.2 Å². The van der Waals surface area contributed by atoms with E-state index in [1.54, 1.807) is 0 Å². The van der Waals surface area contributed by atoms with Gasteiger partial charge in [0.25, 0.3) is 0 Å². The lowest BCUT2D eigenvalue weighted by molar-refractivity contribution is -0.141. The highest BCUT2D eigenvalue weighted by Gasteiger charge is 2.27. The van der Waals surface area contributed by atoms with Gasteiger partial charge in [0.2, 0.25) is 5.95 Å². The maximum Gasteiger partial charge on any atom is 0.307 e. The lowest BCUT2D eigenvalue weighted by Crippen LogP contribution is -2.42. The summed E-state index contributed by atoms with van der Waals surface area (Å²) in [5.74, 6) is 0.576. The van der Waals surface area contributed by atoms with Crippen LogP contribution in [0.4, 0.5) is 5.95 Å². The largest absolute Gasteiger partial charge is 0.469 e. The molecule has 0 spiro atoms. The molecule has 1 fully saturated rings. The average Bonchev–Trinajstić information content (AvgIpc) is 2.38. The van der Waals surface area contributed by atoms with Gasteiger partial charge in [0.05, 0.1) is 13.5 Å². The summed E-state index contributed by atoms with van der Waals surface area (Å²) in [7, 11) is 1.43. The molecule has 1 aromatic rings. The van der Waals surface area contributed by atoms with Gasteiger partial charge in [-0.2, -0.15) is 0 Å². The van der Waals surface area contributed by atoms with Gasteiger partial charge >= 0.3 is 5.97 Å². The smallest absolute Gasteiger partial charge is 0.307 e. The molecule has 5 nitrogen and oxygen atoms in total. The lowest BCUT2D eigenvalue weighted by Gasteiger charge is -2.35. The van der Waals surface area contributed by atoms with Crippen LogP contribution in [0.1, 0.15) is 37.1 Å². The zero-order valence-electron chi connectivity index (χ0n) is 11.8. The second-order valence-electron chi connectivity index (χ2n) is 5.07. The van der Waals surface area contributed by atoms with E-state index < -0.39 is 0 Å². The first kappa shape index (κ1) is 13.8. The van der Waals surface area contributed by atoms with E-state index in [0.29, 0.717) is 6.42 Å². The number of aromatic nitrogens is 2. The first-order valence-electron chi connectivity index (χ1n) is 6.76. The Morgan fingerprint density at radius 2 is 2.05 bits per heavy atom.